The quantitative estimate of drug-likeness (QED) is 0.402. The average molecular weight is 459 g/mol. The molecule has 7 heteroatoms. The number of amides is 1. The standard InChI is InChI=1S/C26H23ClN4O2/c1-15(2)17-5-7-18(8-6-17)25-22-23(20-12-19(27)9-10-21(20)32)29-30-24(22)26(33)31(25)14-16-4-3-11-28-13-16/h3-13,15,25,32H,14H2,1-2H3,(H,29,30). The molecule has 4 aromatic rings. The van der Waals surface area contributed by atoms with Crippen LogP contribution in [0.3, 0.4) is 0 Å². The second-order valence-corrected chi connectivity index (χ2v) is 8.98. The highest BCUT2D eigenvalue weighted by molar-refractivity contribution is 6.31. The largest absolute Gasteiger partial charge is 0.507 e. The number of phenols is 1. The van der Waals surface area contributed by atoms with Crippen LogP contribution in [-0.2, 0) is 6.54 Å². The lowest BCUT2D eigenvalue weighted by molar-refractivity contribution is 0.0730. The maximum Gasteiger partial charge on any atom is 0.273 e. The fourth-order valence-corrected chi connectivity index (χ4v) is 4.53. The van der Waals surface area contributed by atoms with Crippen LogP contribution in [0.2, 0.25) is 5.02 Å². The SMILES string of the molecule is CC(C)c1ccc(C2c3c(-c4cc(Cl)ccc4O)n[nH]c3C(=O)N2Cc2cccnc2)cc1. The number of aromatic amines is 1. The molecule has 1 aliphatic heterocycles. The van der Waals surface area contributed by atoms with E-state index in [9.17, 15) is 9.90 Å². The minimum absolute atomic E-state index is 0.0563. The summed E-state index contributed by atoms with van der Waals surface area (Å²) in [6.07, 6.45) is 3.48. The molecule has 0 fully saturated rings. The summed E-state index contributed by atoms with van der Waals surface area (Å²) < 4.78 is 0. The number of rotatable bonds is 5. The Labute approximate surface area is 196 Å². The lowest BCUT2D eigenvalue weighted by atomic mass is 9.93. The molecule has 1 unspecified atom stereocenters. The summed E-state index contributed by atoms with van der Waals surface area (Å²) in [6, 6.07) is 16.6. The number of nitrogens with zero attached hydrogens (tertiary/aromatic N) is 3. The minimum Gasteiger partial charge on any atom is -0.507 e. The highest BCUT2D eigenvalue weighted by atomic mass is 35.5. The summed E-state index contributed by atoms with van der Waals surface area (Å²) in [4.78, 5) is 19.5. The van der Waals surface area contributed by atoms with E-state index in [2.05, 4.69) is 53.3 Å². The van der Waals surface area contributed by atoms with Crippen LogP contribution < -0.4 is 0 Å². The number of carbonyl (C=O) groups excluding carboxylic acids is 1. The van der Waals surface area contributed by atoms with Crippen LogP contribution >= 0.6 is 11.6 Å². The molecule has 1 atom stereocenters. The Balaban J connectivity index is 1.66. The van der Waals surface area contributed by atoms with Gasteiger partial charge in [-0.2, -0.15) is 5.10 Å². The van der Waals surface area contributed by atoms with Gasteiger partial charge in [0.1, 0.15) is 17.1 Å². The van der Waals surface area contributed by atoms with E-state index >= 15 is 0 Å². The molecular formula is C26H23ClN4O2. The van der Waals surface area contributed by atoms with Gasteiger partial charge in [-0.15, -0.1) is 0 Å². The van der Waals surface area contributed by atoms with Crippen molar-refractivity contribution in [3.05, 3.63) is 100.0 Å². The smallest absolute Gasteiger partial charge is 0.273 e. The number of aromatic nitrogens is 3. The van der Waals surface area contributed by atoms with Gasteiger partial charge in [0.05, 0.1) is 6.04 Å². The second kappa shape index (κ2) is 8.37. The van der Waals surface area contributed by atoms with Crippen molar-refractivity contribution in [3.63, 3.8) is 0 Å². The van der Waals surface area contributed by atoms with Crippen molar-refractivity contribution < 1.29 is 9.90 Å². The fraction of sp³-hybridized carbons (Fsp3) is 0.192. The van der Waals surface area contributed by atoms with Crippen LogP contribution in [0.5, 0.6) is 5.75 Å². The van der Waals surface area contributed by atoms with E-state index in [0.717, 1.165) is 16.7 Å². The molecule has 0 saturated carbocycles. The molecule has 2 aromatic carbocycles. The van der Waals surface area contributed by atoms with Crippen molar-refractivity contribution in [2.75, 3.05) is 0 Å². The molecule has 0 saturated heterocycles. The Kier molecular flexibility index (Phi) is 5.38. The highest BCUT2D eigenvalue weighted by Gasteiger charge is 2.42. The molecule has 0 aliphatic carbocycles. The Morgan fingerprint density at radius 1 is 1.15 bits per heavy atom. The first kappa shape index (κ1) is 21.2. The van der Waals surface area contributed by atoms with Gasteiger partial charge in [-0.3, -0.25) is 14.9 Å². The second-order valence-electron chi connectivity index (χ2n) is 8.54. The van der Waals surface area contributed by atoms with Gasteiger partial charge in [0.2, 0.25) is 0 Å². The van der Waals surface area contributed by atoms with E-state index < -0.39 is 0 Å². The normalized spacial score (nSPS) is 15.3. The number of aromatic hydroxyl groups is 1. The van der Waals surface area contributed by atoms with Gasteiger partial charge in [-0.1, -0.05) is 55.8 Å². The van der Waals surface area contributed by atoms with E-state index in [1.54, 1.807) is 24.5 Å². The topological polar surface area (TPSA) is 82.1 Å². The Morgan fingerprint density at radius 2 is 1.94 bits per heavy atom. The molecule has 2 N–H and O–H groups in total. The molecular weight excluding hydrogens is 436 g/mol. The van der Waals surface area contributed by atoms with Crippen LogP contribution in [0.4, 0.5) is 0 Å². The first-order valence-electron chi connectivity index (χ1n) is 10.8. The summed E-state index contributed by atoms with van der Waals surface area (Å²) in [6.45, 7) is 4.70. The minimum atomic E-state index is -0.374. The highest BCUT2D eigenvalue weighted by Crippen LogP contribution is 2.45. The number of carbonyl (C=O) groups is 1. The molecule has 33 heavy (non-hydrogen) atoms. The number of hydrogen-bond acceptors (Lipinski definition) is 4. The lowest BCUT2D eigenvalue weighted by Crippen LogP contribution is -2.29. The van der Waals surface area contributed by atoms with E-state index in [0.29, 0.717) is 34.4 Å². The van der Waals surface area contributed by atoms with Crippen LogP contribution in [0.15, 0.2) is 67.0 Å². The molecule has 6 nitrogen and oxygen atoms in total. The summed E-state index contributed by atoms with van der Waals surface area (Å²) in [5, 5.41) is 18.4. The van der Waals surface area contributed by atoms with Crippen molar-refractivity contribution in [2.24, 2.45) is 0 Å². The van der Waals surface area contributed by atoms with Gasteiger partial charge in [0.15, 0.2) is 0 Å². The van der Waals surface area contributed by atoms with Crippen molar-refractivity contribution in [1.82, 2.24) is 20.1 Å². The lowest BCUT2D eigenvalue weighted by Gasteiger charge is -2.27. The number of pyridine rings is 1. The van der Waals surface area contributed by atoms with Crippen molar-refractivity contribution in [3.8, 4) is 17.0 Å². The third-order valence-corrected chi connectivity index (χ3v) is 6.31. The zero-order valence-corrected chi connectivity index (χ0v) is 19.0. The first-order valence-corrected chi connectivity index (χ1v) is 11.2. The zero-order chi connectivity index (χ0) is 23.1. The maximum absolute atomic E-state index is 13.5. The predicted molar refractivity (Wildman–Crippen MR) is 127 cm³/mol. The number of hydrogen-bond donors (Lipinski definition) is 2. The fourth-order valence-electron chi connectivity index (χ4n) is 4.36. The molecule has 0 bridgehead atoms. The van der Waals surface area contributed by atoms with Crippen LogP contribution in [0, 0.1) is 0 Å². The van der Waals surface area contributed by atoms with Gasteiger partial charge < -0.3 is 10.0 Å². The van der Waals surface area contributed by atoms with Gasteiger partial charge in [-0.05, 0) is 46.9 Å². The Hall–Kier alpha value is -3.64. The van der Waals surface area contributed by atoms with Gasteiger partial charge in [-0.25, -0.2) is 0 Å². The number of fused-ring (bicyclic) bond motifs is 1. The van der Waals surface area contributed by atoms with Crippen molar-refractivity contribution in [1.29, 1.82) is 0 Å². The van der Waals surface area contributed by atoms with Crippen LogP contribution in [0.1, 0.15) is 58.5 Å². The third-order valence-electron chi connectivity index (χ3n) is 6.07. The van der Waals surface area contributed by atoms with Crippen LogP contribution in [0.25, 0.3) is 11.3 Å². The van der Waals surface area contributed by atoms with Gasteiger partial charge in [0, 0.05) is 35.1 Å². The third kappa shape index (κ3) is 3.76. The molecule has 166 valence electrons. The first-order chi connectivity index (χ1) is 15.9. The molecule has 0 spiro atoms. The van der Waals surface area contributed by atoms with E-state index in [-0.39, 0.29) is 17.7 Å². The van der Waals surface area contributed by atoms with Crippen LogP contribution in [-0.4, -0.2) is 31.1 Å². The van der Waals surface area contributed by atoms with Crippen molar-refractivity contribution >= 4 is 17.5 Å². The summed E-state index contributed by atoms with van der Waals surface area (Å²) >= 11 is 6.22. The zero-order valence-electron chi connectivity index (χ0n) is 18.3. The Bertz CT molecular complexity index is 1320. The van der Waals surface area contributed by atoms with E-state index in [4.69, 9.17) is 11.6 Å². The van der Waals surface area contributed by atoms with Gasteiger partial charge in [0.25, 0.3) is 5.91 Å². The van der Waals surface area contributed by atoms with Gasteiger partial charge >= 0.3 is 0 Å². The molecule has 5 rings (SSSR count). The van der Waals surface area contributed by atoms with E-state index in [1.807, 2.05) is 17.0 Å². The summed E-state index contributed by atoms with van der Waals surface area (Å²) in [7, 11) is 0. The average Bonchev–Trinajstić information content (AvgIpc) is 3.35. The van der Waals surface area contributed by atoms with Crippen molar-refractivity contribution in [2.45, 2.75) is 32.4 Å². The molecule has 0 radical (unpaired) electrons. The number of phenolic OH excluding ortho intramolecular Hbond substituents is 1. The summed E-state index contributed by atoms with van der Waals surface area (Å²) in [5.74, 6) is 0.312. The Morgan fingerprint density at radius 3 is 2.64 bits per heavy atom. The molecule has 1 amide bonds. The maximum atomic E-state index is 13.5. The number of H-pyrrole nitrogens is 1. The molecule has 1 aliphatic rings. The number of nitrogens with one attached hydrogen (secondary N) is 1. The monoisotopic (exact) mass is 458 g/mol. The predicted octanol–water partition coefficient (Wildman–Crippen LogP) is 5.70. The molecule has 3 heterocycles. The van der Waals surface area contributed by atoms with E-state index in [1.165, 1.54) is 11.6 Å². The summed E-state index contributed by atoms with van der Waals surface area (Å²) in [5.41, 5.74) is 5.29. The number of halogens is 1. The number of benzene rings is 2. The molecule has 2 aromatic heterocycles.